The number of halogens is 1. The summed E-state index contributed by atoms with van der Waals surface area (Å²) in [5.41, 5.74) is 6.06. The molecule has 1 fully saturated rings. The Morgan fingerprint density at radius 1 is 1.33 bits per heavy atom. The summed E-state index contributed by atoms with van der Waals surface area (Å²) in [4.78, 5) is 0. The summed E-state index contributed by atoms with van der Waals surface area (Å²) in [5.74, 6) is 0.805. The van der Waals surface area contributed by atoms with Crippen molar-refractivity contribution in [3.05, 3.63) is 29.3 Å². The SMILES string of the molecule is NC1(COc2cccc(Cl)c2)CCCC1. The molecule has 15 heavy (non-hydrogen) atoms. The minimum absolute atomic E-state index is 0.123. The summed E-state index contributed by atoms with van der Waals surface area (Å²) in [6.07, 6.45) is 4.56. The molecule has 0 spiro atoms. The van der Waals surface area contributed by atoms with Crippen LogP contribution in [-0.4, -0.2) is 12.1 Å². The first-order valence-electron chi connectivity index (χ1n) is 5.35. The van der Waals surface area contributed by atoms with Gasteiger partial charge in [0, 0.05) is 5.02 Å². The Hall–Kier alpha value is -0.730. The first kappa shape index (κ1) is 10.8. The standard InChI is InChI=1S/C12H16ClNO/c13-10-4-3-5-11(8-10)15-9-12(14)6-1-2-7-12/h3-5,8H,1-2,6-7,9,14H2. The van der Waals surface area contributed by atoms with Crippen LogP contribution in [0.4, 0.5) is 0 Å². The molecule has 2 N–H and O–H groups in total. The van der Waals surface area contributed by atoms with E-state index in [0.717, 1.165) is 18.6 Å². The molecule has 0 unspecified atom stereocenters. The van der Waals surface area contributed by atoms with E-state index in [4.69, 9.17) is 22.1 Å². The van der Waals surface area contributed by atoms with Crippen LogP contribution in [0.5, 0.6) is 5.75 Å². The van der Waals surface area contributed by atoms with Crippen molar-refractivity contribution in [2.45, 2.75) is 31.2 Å². The van der Waals surface area contributed by atoms with E-state index in [2.05, 4.69) is 0 Å². The first-order chi connectivity index (χ1) is 7.18. The van der Waals surface area contributed by atoms with Crippen LogP contribution in [0, 0.1) is 0 Å². The average Bonchev–Trinajstić information content (AvgIpc) is 2.63. The van der Waals surface area contributed by atoms with Gasteiger partial charge in [-0.1, -0.05) is 30.5 Å². The number of rotatable bonds is 3. The molecule has 82 valence electrons. The molecular weight excluding hydrogens is 210 g/mol. The Kier molecular flexibility index (Phi) is 3.17. The summed E-state index contributed by atoms with van der Waals surface area (Å²) < 4.78 is 5.66. The maximum atomic E-state index is 6.19. The molecule has 2 rings (SSSR count). The molecule has 0 heterocycles. The molecule has 1 aromatic carbocycles. The van der Waals surface area contributed by atoms with Gasteiger partial charge < -0.3 is 10.5 Å². The van der Waals surface area contributed by atoms with Gasteiger partial charge in [-0.25, -0.2) is 0 Å². The van der Waals surface area contributed by atoms with E-state index in [1.54, 1.807) is 0 Å². The third-order valence-electron chi connectivity index (χ3n) is 2.92. The Bertz CT molecular complexity index is 334. The molecule has 1 aromatic rings. The second kappa shape index (κ2) is 4.42. The molecule has 0 aromatic heterocycles. The minimum atomic E-state index is -0.123. The molecule has 0 amide bonds. The van der Waals surface area contributed by atoms with Crippen LogP contribution in [-0.2, 0) is 0 Å². The lowest BCUT2D eigenvalue weighted by molar-refractivity contribution is 0.220. The molecule has 1 aliphatic carbocycles. The summed E-state index contributed by atoms with van der Waals surface area (Å²) >= 11 is 5.86. The van der Waals surface area contributed by atoms with Crippen molar-refractivity contribution in [1.29, 1.82) is 0 Å². The van der Waals surface area contributed by atoms with Gasteiger partial charge in [0.2, 0.25) is 0 Å². The van der Waals surface area contributed by atoms with Gasteiger partial charge in [-0.2, -0.15) is 0 Å². The number of hydrogen-bond acceptors (Lipinski definition) is 2. The van der Waals surface area contributed by atoms with E-state index in [-0.39, 0.29) is 5.54 Å². The van der Waals surface area contributed by atoms with Crippen LogP contribution < -0.4 is 10.5 Å². The van der Waals surface area contributed by atoms with Crippen LogP contribution in [0.1, 0.15) is 25.7 Å². The Morgan fingerprint density at radius 3 is 2.73 bits per heavy atom. The highest BCUT2D eigenvalue weighted by molar-refractivity contribution is 6.30. The van der Waals surface area contributed by atoms with Crippen molar-refractivity contribution in [3.63, 3.8) is 0 Å². The highest BCUT2D eigenvalue weighted by Gasteiger charge is 2.29. The van der Waals surface area contributed by atoms with E-state index in [1.165, 1.54) is 12.8 Å². The van der Waals surface area contributed by atoms with Gasteiger partial charge in [0.1, 0.15) is 12.4 Å². The van der Waals surface area contributed by atoms with Gasteiger partial charge in [0.05, 0.1) is 5.54 Å². The fourth-order valence-electron chi connectivity index (χ4n) is 2.01. The highest BCUT2D eigenvalue weighted by Crippen LogP contribution is 2.28. The summed E-state index contributed by atoms with van der Waals surface area (Å²) in [6.45, 7) is 0.591. The van der Waals surface area contributed by atoms with Crippen LogP contribution in [0.2, 0.25) is 5.02 Å². The second-order valence-corrected chi connectivity index (χ2v) is 4.75. The molecule has 0 aliphatic heterocycles. The topological polar surface area (TPSA) is 35.2 Å². The maximum absolute atomic E-state index is 6.19. The summed E-state index contributed by atoms with van der Waals surface area (Å²) in [7, 11) is 0. The molecule has 0 radical (unpaired) electrons. The van der Waals surface area contributed by atoms with Crippen molar-refractivity contribution in [1.82, 2.24) is 0 Å². The van der Waals surface area contributed by atoms with E-state index in [1.807, 2.05) is 24.3 Å². The smallest absolute Gasteiger partial charge is 0.120 e. The van der Waals surface area contributed by atoms with Crippen LogP contribution in [0.25, 0.3) is 0 Å². The molecule has 0 bridgehead atoms. The molecule has 0 atom stereocenters. The van der Waals surface area contributed by atoms with Gasteiger partial charge in [-0.05, 0) is 31.0 Å². The third kappa shape index (κ3) is 2.86. The third-order valence-corrected chi connectivity index (χ3v) is 3.16. The van der Waals surface area contributed by atoms with Gasteiger partial charge in [-0.3, -0.25) is 0 Å². The average molecular weight is 226 g/mol. The van der Waals surface area contributed by atoms with Crippen molar-refractivity contribution >= 4 is 11.6 Å². The zero-order valence-corrected chi connectivity index (χ0v) is 9.46. The Balaban J connectivity index is 1.92. The van der Waals surface area contributed by atoms with Crippen molar-refractivity contribution in [3.8, 4) is 5.75 Å². The lowest BCUT2D eigenvalue weighted by atomic mass is 10.0. The van der Waals surface area contributed by atoms with E-state index >= 15 is 0 Å². The maximum Gasteiger partial charge on any atom is 0.120 e. The Morgan fingerprint density at radius 2 is 2.07 bits per heavy atom. The van der Waals surface area contributed by atoms with Crippen molar-refractivity contribution in [2.75, 3.05) is 6.61 Å². The predicted octanol–water partition coefficient (Wildman–Crippen LogP) is 2.99. The number of ether oxygens (including phenoxy) is 1. The minimum Gasteiger partial charge on any atom is -0.492 e. The largest absolute Gasteiger partial charge is 0.492 e. The summed E-state index contributed by atoms with van der Waals surface area (Å²) in [6, 6.07) is 7.45. The quantitative estimate of drug-likeness (QED) is 0.859. The van der Waals surface area contributed by atoms with Crippen molar-refractivity contribution < 1.29 is 4.74 Å². The monoisotopic (exact) mass is 225 g/mol. The normalized spacial score (nSPS) is 19.1. The number of nitrogens with two attached hydrogens (primary N) is 1. The molecule has 0 saturated heterocycles. The molecule has 3 heteroatoms. The van der Waals surface area contributed by atoms with E-state index < -0.39 is 0 Å². The van der Waals surface area contributed by atoms with Gasteiger partial charge in [0.25, 0.3) is 0 Å². The summed E-state index contributed by atoms with van der Waals surface area (Å²) in [5, 5.41) is 0.699. The molecular formula is C12H16ClNO. The molecule has 1 saturated carbocycles. The van der Waals surface area contributed by atoms with E-state index in [9.17, 15) is 0 Å². The second-order valence-electron chi connectivity index (χ2n) is 4.32. The fraction of sp³-hybridized carbons (Fsp3) is 0.500. The van der Waals surface area contributed by atoms with Crippen LogP contribution >= 0.6 is 11.6 Å². The van der Waals surface area contributed by atoms with Crippen molar-refractivity contribution in [2.24, 2.45) is 5.73 Å². The zero-order valence-electron chi connectivity index (χ0n) is 8.71. The Labute approximate surface area is 95.4 Å². The number of hydrogen-bond donors (Lipinski definition) is 1. The lowest BCUT2D eigenvalue weighted by Gasteiger charge is -2.23. The highest BCUT2D eigenvalue weighted by atomic mass is 35.5. The predicted molar refractivity (Wildman–Crippen MR) is 62.3 cm³/mol. The van der Waals surface area contributed by atoms with Gasteiger partial charge in [-0.15, -0.1) is 0 Å². The van der Waals surface area contributed by atoms with Gasteiger partial charge in [0.15, 0.2) is 0 Å². The number of benzene rings is 1. The lowest BCUT2D eigenvalue weighted by Crippen LogP contribution is -2.42. The molecule has 1 aliphatic rings. The molecule has 2 nitrogen and oxygen atoms in total. The van der Waals surface area contributed by atoms with E-state index in [0.29, 0.717) is 11.6 Å². The first-order valence-corrected chi connectivity index (χ1v) is 5.73. The van der Waals surface area contributed by atoms with Crippen LogP contribution in [0.3, 0.4) is 0 Å². The van der Waals surface area contributed by atoms with Gasteiger partial charge >= 0.3 is 0 Å². The zero-order chi connectivity index (χ0) is 10.7. The van der Waals surface area contributed by atoms with Crippen LogP contribution in [0.15, 0.2) is 24.3 Å². The fourth-order valence-corrected chi connectivity index (χ4v) is 2.19.